The van der Waals surface area contributed by atoms with Gasteiger partial charge in [-0.1, -0.05) is 42.1 Å². The number of fused-ring (bicyclic) bond motifs is 1. The van der Waals surface area contributed by atoms with Crippen LogP contribution in [0.2, 0.25) is 0 Å². The molecule has 0 aliphatic heterocycles. The van der Waals surface area contributed by atoms with E-state index in [1.807, 2.05) is 30.3 Å². The summed E-state index contributed by atoms with van der Waals surface area (Å²) in [6, 6.07) is 9.49. The number of carbonyl (C=O) groups is 1. The first-order valence-electron chi connectivity index (χ1n) is 7.65. The van der Waals surface area contributed by atoms with Crippen molar-refractivity contribution in [1.29, 1.82) is 0 Å². The fraction of sp³-hybridized carbons (Fsp3) is 0.0667. The molecule has 0 radical (unpaired) electrons. The van der Waals surface area contributed by atoms with Crippen LogP contribution in [0.15, 0.2) is 45.7 Å². The van der Waals surface area contributed by atoms with Crippen LogP contribution in [0.25, 0.3) is 16.9 Å². The van der Waals surface area contributed by atoms with Crippen molar-refractivity contribution in [3.8, 4) is 0 Å². The molecule has 12 heteroatoms. The molecule has 27 heavy (non-hydrogen) atoms. The highest BCUT2D eigenvalue weighted by Crippen LogP contribution is 2.16. The van der Waals surface area contributed by atoms with Crippen molar-refractivity contribution in [2.24, 2.45) is 0 Å². The van der Waals surface area contributed by atoms with Crippen LogP contribution in [0, 0.1) is 0 Å². The molecule has 2 heterocycles. The van der Waals surface area contributed by atoms with Crippen LogP contribution >= 0.6 is 24.4 Å². The average Bonchev–Trinajstić information content (AvgIpc) is 3.07. The van der Waals surface area contributed by atoms with E-state index < -0.39 is 5.56 Å². The van der Waals surface area contributed by atoms with Crippen LogP contribution < -0.4 is 27.7 Å². The fourth-order valence-electron chi connectivity index (χ4n) is 2.11. The Hall–Kier alpha value is -2.96. The third kappa shape index (κ3) is 4.81. The predicted octanol–water partition coefficient (Wildman–Crippen LogP) is 0.374. The van der Waals surface area contributed by atoms with Gasteiger partial charge in [-0.15, -0.1) is 18.2 Å². The maximum Gasteiger partial charge on any atom is 0.278 e. The molecule has 0 unspecified atom stereocenters. The number of thioether (sulfide) groups is 1. The summed E-state index contributed by atoms with van der Waals surface area (Å²) in [6.07, 6.45) is 0. The number of benzene rings is 1. The summed E-state index contributed by atoms with van der Waals surface area (Å²) < 4.78 is 0. The van der Waals surface area contributed by atoms with Gasteiger partial charge < -0.3 is 16.1 Å². The van der Waals surface area contributed by atoms with Gasteiger partial charge in [-0.3, -0.25) is 20.0 Å². The predicted molar refractivity (Wildman–Crippen MR) is 107 cm³/mol. The Kier molecular flexibility index (Phi) is 6.01. The maximum atomic E-state index is 11.9. The van der Waals surface area contributed by atoms with Crippen molar-refractivity contribution in [3.63, 3.8) is 0 Å². The van der Waals surface area contributed by atoms with E-state index in [4.69, 9.17) is 5.73 Å². The van der Waals surface area contributed by atoms with E-state index in [1.165, 1.54) is 0 Å². The van der Waals surface area contributed by atoms with Gasteiger partial charge in [0.05, 0.1) is 11.4 Å². The van der Waals surface area contributed by atoms with Crippen molar-refractivity contribution >= 4 is 53.1 Å². The molecular weight excluding hydrogens is 388 g/mol. The Labute approximate surface area is 162 Å². The molecule has 3 aromatic rings. The van der Waals surface area contributed by atoms with Crippen LogP contribution in [-0.2, 0) is 4.79 Å². The number of nitrogens with zero attached hydrogens (tertiary/aromatic N) is 2. The second kappa shape index (κ2) is 8.62. The molecule has 0 spiro atoms. The summed E-state index contributed by atoms with van der Waals surface area (Å²) >= 11 is 5.26. The third-order valence-corrected chi connectivity index (χ3v) is 4.44. The van der Waals surface area contributed by atoms with Gasteiger partial charge in [-0.2, -0.15) is 4.98 Å². The lowest BCUT2D eigenvalue weighted by molar-refractivity contribution is -0.119. The molecule has 0 aliphatic carbocycles. The number of nitrogens with one attached hydrogen (secondary N) is 5. The van der Waals surface area contributed by atoms with Crippen LogP contribution in [-0.4, -0.2) is 31.6 Å². The molecule has 3 rings (SSSR count). The topological polar surface area (TPSA) is 154 Å². The summed E-state index contributed by atoms with van der Waals surface area (Å²) in [6.45, 7) is 0. The number of hydrogen-bond acceptors (Lipinski definition) is 9. The Balaban J connectivity index is 1.50. The molecule has 7 N–H and O–H groups in total. The number of imidazole rings is 1. The second-order valence-electron chi connectivity index (χ2n) is 5.19. The molecule has 0 saturated carbocycles. The van der Waals surface area contributed by atoms with E-state index >= 15 is 0 Å². The van der Waals surface area contributed by atoms with Gasteiger partial charge in [0.2, 0.25) is 11.9 Å². The van der Waals surface area contributed by atoms with E-state index in [-0.39, 0.29) is 28.8 Å². The molecule has 0 saturated heterocycles. The zero-order chi connectivity index (χ0) is 19.2. The van der Waals surface area contributed by atoms with Crippen molar-refractivity contribution in [1.82, 2.24) is 36.3 Å². The SMILES string of the molecule is Nc1nc2nc(SCC(=O)NNN/C(=C\S)c3ccccc3)[nH]c2c(=O)[nH]1. The third-order valence-electron chi connectivity index (χ3n) is 3.31. The van der Waals surface area contributed by atoms with Crippen molar-refractivity contribution < 1.29 is 4.79 Å². The number of rotatable bonds is 7. The molecule has 0 bridgehead atoms. The normalized spacial score (nSPS) is 11.5. The molecule has 0 aliphatic rings. The van der Waals surface area contributed by atoms with Gasteiger partial charge in [0.1, 0.15) is 0 Å². The van der Waals surface area contributed by atoms with Crippen molar-refractivity contribution in [3.05, 3.63) is 51.7 Å². The number of aromatic nitrogens is 4. The Morgan fingerprint density at radius 1 is 1.22 bits per heavy atom. The Morgan fingerprint density at radius 2 is 2.00 bits per heavy atom. The molecule has 1 aromatic carbocycles. The number of hydrazine groups is 2. The summed E-state index contributed by atoms with van der Waals surface area (Å²) in [5.74, 6) is -0.261. The molecule has 0 atom stereocenters. The lowest BCUT2D eigenvalue weighted by Crippen LogP contribution is -2.46. The second-order valence-corrected chi connectivity index (χ2v) is 6.41. The first-order valence-corrected chi connectivity index (χ1v) is 9.15. The van der Waals surface area contributed by atoms with E-state index in [1.54, 1.807) is 5.41 Å². The molecular formula is C15H16N8O2S2. The number of nitrogens with two attached hydrogens (primary N) is 1. The van der Waals surface area contributed by atoms with Gasteiger partial charge in [0.15, 0.2) is 16.3 Å². The lowest BCUT2D eigenvalue weighted by atomic mass is 10.2. The standard InChI is InChI=1S/C15H16N8O2S2/c16-14-18-12-11(13(25)20-14)17-15(19-12)27-7-10(24)22-23-21-9(6-26)8-4-2-1-3-5-8/h1-6,21,23,26H,7H2,(H,22,24)(H4,16,17,18,19,20,25)/b9-6-. The number of H-pyrrole nitrogens is 2. The van der Waals surface area contributed by atoms with Crippen LogP contribution in [0.3, 0.4) is 0 Å². The molecule has 2 aromatic heterocycles. The summed E-state index contributed by atoms with van der Waals surface area (Å²) in [5.41, 5.74) is 15.0. The molecule has 0 fully saturated rings. The minimum atomic E-state index is -0.417. The number of amides is 1. The minimum absolute atomic E-state index is 0.0185. The lowest BCUT2D eigenvalue weighted by Gasteiger charge is -2.12. The summed E-state index contributed by atoms with van der Waals surface area (Å²) in [5, 5.41) is 1.96. The number of hydrogen-bond donors (Lipinski definition) is 7. The zero-order valence-corrected chi connectivity index (χ0v) is 15.5. The van der Waals surface area contributed by atoms with E-state index in [9.17, 15) is 9.59 Å². The quantitative estimate of drug-likeness (QED) is 0.169. The first kappa shape index (κ1) is 18.8. The Morgan fingerprint density at radius 3 is 2.74 bits per heavy atom. The highest BCUT2D eigenvalue weighted by molar-refractivity contribution is 7.99. The van der Waals surface area contributed by atoms with Gasteiger partial charge >= 0.3 is 0 Å². The van der Waals surface area contributed by atoms with E-state index in [2.05, 4.69) is 49.0 Å². The molecule has 140 valence electrons. The summed E-state index contributed by atoms with van der Waals surface area (Å²) in [4.78, 5) is 36.9. The van der Waals surface area contributed by atoms with Crippen LogP contribution in [0.4, 0.5) is 5.95 Å². The number of aromatic amines is 2. The summed E-state index contributed by atoms with van der Waals surface area (Å²) in [7, 11) is 0. The molecule has 1 amide bonds. The zero-order valence-electron chi connectivity index (χ0n) is 13.8. The Bertz CT molecular complexity index is 1030. The number of carbonyl (C=O) groups excluding carboxylic acids is 1. The monoisotopic (exact) mass is 404 g/mol. The van der Waals surface area contributed by atoms with Gasteiger partial charge in [0, 0.05) is 0 Å². The number of nitrogen functional groups attached to an aromatic ring is 1. The smallest absolute Gasteiger partial charge is 0.278 e. The first-order chi connectivity index (χ1) is 13.1. The van der Waals surface area contributed by atoms with E-state index in [0.29, 0.717) is 10.9 Å². The average molecular weight is 404 g/mol. The minimum Gasteiger partial charge on any atom is -0.369 e. The number of thiol groups is 1. The number of anilines is 1. The van der Waals surface area contributed by atoms with E-state index in [0.717, 1.165) is 17.3 Å². The van der Waals surface area contributed by atoms with Gasteiger partial charge in [-0.25, -0.2) is 4.98 Å². The highest BCUT2D eigenvalue weighted by atomic mass is 32.2. The van der Waals surface area contributed by atoms with Gasteiger partial charge in [0.25, 0.3) is 5.56 Å². The fourth-order valence-corrected chi connectivity index (χ4v) is 2.99. The van der Waals surface area contributed by atoms with Crippen molar-refractivity contribution in [2.75, 3.05) is 11.5 Å². The highest BCUT2D eigenvalue weighted by Gasteiger charge is 2.11. The maximum absolute atomic E-state index is 11.9. The van der Waals surface area contributed by atoms with Crippen LogP contribution in [0.5, 0.6) is 0 Å². The molecule has 10 nitrogen and oxygen atoms in total. The van der Waals surface area contributed by atoms with Gasteiger partial charge in [-0.05, 0) is 11.0 Å². The largest absolute Gasteiger partial charge is 0.369 e. The van der Waals surface area contributed by atoms with Crippen LogP contribution in [0.1, 0.15) is 5.56 Å². The van der Waals surface area contributed by atoms with Crippen molar-refractivity contribution in [2.45, 2.75) is 5.16 Å².